The summed E-state index contributed by atoms with van der Waals surface area (Å²) in [6.07, 6.45) is 0. The molecule has 0 N–H and O–H groups in total. The molecule has 2 heteroatoms. The number of rotatable bonds is 1. The molecular weight excluding hydrogens is 406 g/mol. The average Bonchev–Trinajstić information content (AvgIpc) is 2.95. The van der Waals surface area contributed by atoms with Crippen molar-refractivity contribution in [2.75, 3.05) is 0 Å². The van der Waals surface area contributed by atoms with E-state index < -0.39 is 0 Å². The summed E-state index contributed by atoms with van der Waals surface area (Å²) in [5.74, 6) is 0. The Balaban J connectivity index is 2.15. The standard InChI is InChI=1S/C26H28BrN/c1-25(2,3)17-14-18(26(4,5)6)16-19(15-17)28-22-12-8-7-10-20(22)24-21(27)11-9-13-23(24)28/h7-16H,1-6H3. The van der Waals surface area contributed by atoms with Crippen molar-refractivity contribution in [2.45, 2.75) is 52.4 Å². The van der Waals surface area contributed by atoms with Crippen molar-refractivity contribution in [1.82, 2.24) is 4.57 Å². The highest BCUT2D eigenvalue weighted by molar-refractivity contribution is 9.10. The second kappa shape index (κ2) is 6.49. The zero-order valence-corrected chi connectivity index (χ0v) is 19.2. The van der Waals surface area contributed by atoms with Crippen LogP contribution in [0.3, 0.4) is 0 Å². The van der Waals surface area contributed by atoms with Gasteiger partial charge in [0.2, 0.25) is 0 Å². The first-order valence-corrected chi connectivity index (χ1v) is 10.7. The fraction of sp³-hybridized carbons (Fsp3) is 0.308. The Kier molecular flexibility index (Phi) is 4.46. The van der Waals surface area contributed by atoms with Gasteiger partial charge in [-0.2, -0.15) is 0 Å². The molecule has 0 aliphatic carbocycles. The lowest BCUT2D eigenvalue weighted by molar-refractivity contribution is 0.568. The van der Waals surface area contributed by atoms with Gasteiger partial charge in [-0.25, -0.2) is 0 Å². The third-order valence-corrected chi connectivity index (χ3v) is 6.22. The molecule has 3 aromatic carbocycles. The van der Waals surface area contributed by atoms with Gasteiger partial charge < -0.3 is 4.57 Å². The Bertz CT molecular complexity index is 1150. The van der Waals surface area contributed by atoms with Crippen molar-refractivity contribution in [2.24, 2.45) is 0 Å². The van der Waals surface area contributed by atoms with Gasteiger partial charge in [-0.05, 0) is 52.3 Å². The fourth-order valence-corrected chi connectivity index (χ4v) is 4.43. The second-order valence-corrected chi connectivity index (χ2v) is 10.6. The monoisotopic (exact) mass is 433 g/mol. The maximum Gasteiger partial charge on any atom is 0.0552 e. The number of fused-ring (bicyclic) bond motifs is 3. The van der Waals surface area contributed by atoms with E-state index in [0.29, 0.717) is 0 Å². The largest absolute Gasteiger partial charge is 0.309 e. The fourth-order valence-electron chi connectivity index (χ4n) is 3.86. The first kappa shape index (κ1) is 19.3. The summed E-state index contributed by atoms with van der Waals surface area (Å²) in [6.45, 7) is 13.8. The van der Waals surface area contributed by atoms with Gasteiger partial charge in [0.1, 0.15) is 0 Å². The summed E-state index contributed by atoms with van der Waals surface area (Å²) in [5.41, 5.74) is 6.65. The predicted molar refractivity (Wildman–Crippen MR) is 126 cm³/mol. The maximum absolute atomic E-state index is 3.78. The molecule has 0 saturated heterocycles. The number of hydrogen-bond donors (Lipinski definition) is 0. The normalized spacial score (nSPS) is 12.8. The van der Waals surface area contributed by atoms with E-state index in [-0.39, 0.29) is 10.8 Å². The van der Waals surface area contributed by atoms with Gasteiger partial charge in [-0.1, -0.05) is 87.8 Å². The quantitative estimate of drug-likeness (QED) is 0.285. The lowest BCUT2D eigenvalue weighted by Gasteiger charge is -2.26. The van der Waals surface area contributed by atoms with Crippen LogP contribution in [0.15, 0.2) is 65.1 Å². The molecule has 4 aromatic rings. The van der Waals surface area contributed by atoms with Crippen LogP contribution in [0, 0.1) is 0 Å². The number of hydrogen-bond acceptors (Lipinski definition) is 0. The molecule has 0 atom stereocenters. The van der Waals surface area contributed by atoms with Gasteiger partial charge in [0.15, 0.2) is 0 Å². The summed E-state index contributed by atoms with van der Waals surface area (Å²) in [5, 5.41) is 2.56. The number of halogens is 1. The first-order valence-electron chi connectivity index (χ1n) is 9.91. The highest BCUT2D eigenvalue weighted by atomic mass is 79.9. The second-order valence-electron chi connectivity index (χ2n) is 9.76. The van der Waals surface area contributed by atoms with E-state index in [0.717, 1.165) is 4.47 Å². The van der Waals surface area contributed by atoms with Crippen LogP contribution in [0.1, 0.15) is 52.7 Å². The third kappa shape index (κ3) is 3.18. The Hall–Kier alpha value is -2.06. The molecular formula is C26H28BrN. The van der Waals surface area contributed by atoms with Gasteiger partial charge in [-0.15, -0.1) is 0 Å². The van der Waals surface area contributed by atoms with Crippen LogP contribution >= 0.6 is 15.9 Å². The zero-order valence-electron chi connectivity index (χ0n) is 17.6. The summed E-state index contributed by atoms with van der Waals surface area (Å²) in [4.78, 5) is 0. The Morgan fingerprint density at radius 3 is 1.86 bits per heavy atom. The minimum absolute atomic E-state index is 0.0926. The van der Waals surface area contributed by atoms with E-state index in [1.807, 2.05) is 0 Å². The van der Waals surface area contributed by atoms with Crippen LogP contribution in [-0.2, 0) is 10.8 Å². The van der Waals surface area contributed by atoms with Gasteiger partial charge in [0, 0.05) is 20.9 Å². The van der Waals surface area contributed by atoms with E-state index in [4.69, 9.17) is 0 Å². The van der Waals surface area contributed by atoms with Gasteiger partial charge in [-0.3, -0.25) is 0 Å². The Morgan fingerprint density at radius 2 is 1.25 bits per heavy atom. The average molecular weight is 434 g/mol. The van der Waals surface area contributed by atoms with E-state index in [9.17, 15) is 0 Å². The van der Waals surface area contributed by atoms with Crippen molar-refractivity contribution in [3.05, 3.63) is 76.3 Å². The molecule has 0 radical (unpaired) electrons. The molecule has 0 aliphatic rings. The summed E-state index contributed by atoms with van der Waals surface area (Å²) in [7, 11) is 0. The molecule has 1 aromatic heterocycles. The van der Waals surface area contributed by atoms with Crippen molar-refractivity contribution in [3.8, 4) is 5.69 Å². The number of aromatic nitrogens is 1. The summed E-state index contributed by atoms with van der Waals surface area (Å²) < 4.78 is 3.56. The highest BCUT2D eigenvalue weighted by Gasteiger charge is 2.22. The molecule has 28 heavy (non-hydrogen) atoms. The lowest BCUT2D eigenvalue weighted by atomic mass is 9.80. The Morgan fingerprint density at radius 1 is 0.679 bits per heavy atom. The van der Waals surface area contributed by atoms with Crippen molar-refractivity contribution < 1.29 is 0 Å². The van der Waals surface area contributed by atoms with Crippen LogP contribution < -0.4 is 0 Å². The molecule has 4 rings (SSSR count). The third-order valence-electron chi connectivity index (χ3n) is 5.55. The van der Waals surface area contributed by atoms with Crippen molar-refractivity contribution >= 4 is 37.7 Å². The molecule has 1 heterocycles. The van der Waals surface area contributed by atoms with Crippen LogP contribution in [0.5, 0.6) is 0 Å². The molecule has 0 amide bonds. The first-order chi connectivity index (χ1) is 13.1. The lowest BCUT2D eigenvalue weighted by Crippen LogP contribution is -2.17. The van der Waals surface area contributed by atoms with E-state index in [1.165, 1.54) is 38.6 Å². The van der Waals surface area contributed by atoms with Gasteiger partial charge in [0.25, 0.3) is 0 Å². The molecule has 1 nitrogen and oxygen atoms in total. The van der Waals surface area contributed by atoms with E-state index >= 15 is 0 Å². The molecule has 0 saturated carbocycles. The number of para-hydroxylation sites is 1. The number of benzene rings is 3. The number of nitrogens with zero attached hydrogens (tertiary/aromatic N) is 1. The summed E-state index contributed by atoms with van der Waals surface area (Å²) in [6, 6.07) is 22.3. The van der Waals surface area contributed by atoms with Crippen molar-refractivity contribution in [3.63, 3.8) is 0 Å². The van der Waals surface area contributed by atoms with Crippen molar-refractivity contribution in [1.29, 1.82) is 0 Å². The maximum atomic E-state index is 3.78. The van der Waals surface area contributed by atoms with Crippen LogP contribution in [0.25, 0.3) is 27.5 Å². The molecule has 0 bridgehead atoms. The van der Waals surface area contributed by atoms with Gasteiger partial charge in [0.05, 0.1) is 11.0 Å². The van der Waals surface area contributed by atoms with Gasteiger partial charge >= 0.3 is 0 Å². The smallest absolute Gasteiger partial charge is 0.0552 e. The molecule has 0 unspecified atom stereocenters. The van der Waals surface area contributed by atoms with Crippen LogP contribution in [0.4, 0.5) is 0 Å². The predicted octanol–water partition coefficient (Wildman–Crippen LogP) is 8.14. The minimum atomic E-state index is 0.0926. The van der Waals surface area contributed by atoms with Crippen LogP contribution in [-0.4, -0.2) is 4.57 Å². The Labute approximate surface area is 176 Å². The SMILES string of the molecule is CC(C)(C)c1cc(-n2c3ccccc3c3c(Br)cccc32)cc(C(C)(C)C)c1. The molecule has 0 fully saturated rings. The summed E-state index contributed by atoms with van der Waals surface area (Å²) >= 11 is 3.78. The highest BCUT2D eigenvalue weighted by Crippen LogP contribution is 2.38. The topological polar surface area (TPSA) is 4.93 Å². The van der Waals surface area contributed by atoms with E-state index in [1.54, 1.807) is 0 Å². The van der Waals surface area contributed by atoms with E-state index in [2.05, 4.69) is 123 Å². The molecule has 144 valence electrons. The van der Waals surface area contributed by atoms with Crippen LogP contribution in [0.2, 0.25) is 0 Å². The molecule has 0 spiro atoms. The molecule has 0 aliphatic heterocycles. The zero-order chi connectivity index (χ0) is 20.3. The minimum Gasteiger partial charge on any atom is -0.309 e.